The molecular weight excluding hydrogens is 354 g/mol. The van der Waals surface area contributed by atoms with Crippen molar-refractivity contribution in [1.82, 2.24) is 14.3 Å². The Kier molecular flexibility index (Phi) is 5.58. The number of para-hydroxylation sites is 1. The fraction of sp³-hybridized carbons (Fsp3) is 0.364. The van der Waals surface area contributed by atoms with E-state index in [9.17, 15) is 4.79 Å². The minimum atomic E-state index is -0.0877. The molecule has 1 amide bonds. The van der Waals surface area contributed by atoms with Crippen LogP contribution in [0.1, 0.15) is 28.9 Å². The summed E-state index contributed by atoms with van der Waals surface area (Å²) in [6.45, 7) is 4.23. The monoisotopic (exact) mass is 379 g/mol. The zero-order valence-electron chi connectivity index (χ0n) is 16.1. The Hall–Kier alpha value is -2.86. The molecule has 0 unspecified atom stereocenters. The minimum absolute atomic E-state index is 0.0828. The number of imidazole rings is 1. The summed E-state index contributed by atoms with van der Waals surface area (Å²) < 4.78 is 13.5. The highest BCUT2D eigenvalue weighted by Crippen LogP contribution is 2.17. The Labute approximate surface area is 164 Å². The number of hydrogen-bond donors (Lipinski definition) is 0. The van der Waals surface area contributed by atoms with Crippen LogP contribution in [0.25, 0.3) is 5.65 Å². The molecule has 3 heterocycles. The number of hydrogen-bond acceptors (Lipinski definition) is 4. The number of amides is 1. The molecule has 0 spiro atoms. The molecule has 1 saturated heterocycles. The van der Waals surface area contributed by atoms with E-state index in [1.54, 1.807) is 11.1 Å². The van der Waals surface area contributed by atoms with Crippen LogP contribution < -0.4 is 4.74 Å². The van der Waals surface area contributed by atoms with Crippen molar-refractivity contribution in [1.29, 1.82) is 0 Å². The summed E-state index contributed by atoms with van der Waals surface area (Å²) in [6.07, 6.45) is 5.81. The molecule has 0 saturated carbocycles. The molecule has 1 aliphatic heterocycles. The molecule has 0 bridgehead atoms. The lowest BCUT2D eigenvalue weighted by atomic mass is 10.2. The Balaban J connectivity index is 1.49. The van der Waals surface area contributed by atoms with Gasteiger partial charge in [0.1, 0.15) is 23.7 Å². The molecule has 4 rings (SSSR count). The van der Waals surface area contributed by atoms with Crippen LogP contribution in [0.4, 0.5) is 0 Å². The van der Waals surface area contributed by atoms with Gasteiger partial charge in [0.15, 0.2) is 0 Å². The Morgan fingerprint density at radius 1 is 1.29 bits per heavy atom. The van der Waals surface area contributed by atoms with E-state index >= 15 is 0 Å². The third-order valence-corrected chi connectivity index (χ3v) is 5.01. The first-order valence-corrected chi connectivity index (χ1v) is 9.74. The van der Waals surface area contributed by atoms with Gasteiger partial charge in [-0.15, -0.1) is 0 Å². The van der Waals surface area contributed by atoms with Crippen LogP contribution in [0, 0.1) is 6.92 Å². The molecule has 1 aliphatic rings. The Morgan fingerprint density at radius 2 is 2.14 bits per heavy atom. The van der Waals surface area contributed by atoms with E-state index in [1.165, 1.54) is 0 Å². The second kappa shape index (κ2) is 8.44. The van der Waals surface area contributed by atoms with Crippen molar-refractivity contribution in [2.24, 2.45) is 0 Å². The molecule has 1 atom stereocenters. The molecule has 0 radical (unpaired) electrons. The second-order valence-corrected chi connectivity index (χ2v) is 7.10. The quantitative estimate of drug-likeness (QED) is 0.632. The van der Waals surface area contributed by atoms with Gasteiger partial charge in [-0.1, -0.05) is 24.3 Å². The first kappa shape index (κ1) is 18.5. The van der Waals surface area contributed by atoms with Gasteiger partial charge in [0.25, 0.3) is 5.91 Å². The number of carbonyl (C=O) groups excluding carboxylic acids is 1. The fourth-order valence-corrected chi connectivity index (χ4v) is 3.52. The third-order valence-electron chi connectivity index (χ3n) is 5.01. The normalized spacial score (nSPS) is 16.4. The van der Waals surface area contributed by atoms with Crippen molar-refractivity contribution in [3.05, 3.63) is 66.1 Å². The van der Waals surface area contributed by atoms with Crippen LogP contribution in [0.2, 0.25) is 0 Å². The Morgan fingerprint density at radius 3 is 2.89 bits per heavy atom. The molecule has 1 fully saturated rings. The van der Waals surface area contributed by atoms with Gasteiger partial charge in [0.2, 0.25) is 0 Å². The molecule has 6 heteroatoms. The summed E-state index contributed by atoms with van der Waals surface area (Å²) in [6, 6.07) is 13.6. The summed E-state index contributed by atoms with van der Waals surface area (Å²) in [5.74, 6) is 0.714. The number of fused-ring (bicyclic) bond motifs is 1. The van der Waals surface area contributed by atoms with E-state index in [2.05, 4.69) is 4.98 Å². The van der Waals surface area contributed by atoms with Gasteiger partial charge in [-0.2, -0.15) is 0 Å². The average molecular weight is 379 g/mol. The largest absolute Gasteiger partial charge is 0.492 e. The second-order valence-electron chi connectivity index (χ2n) is 7.10. The van der Waals surface area contributed by atoms with E-state index in [-0.39, 0.29) is 12.0 Å². The number of aromatic nitrogens is 2. The van der Waals surface area contributed by atoms with Gasteiger partial charge in [0.05, 0.1) is 12.6 Å². The van der Waals surface area contributed by atoms with E-state index in [1.807, 2.05) is 60.0 Å². The standard InChI is InChI=1S/C22H25N3O3/c1-17-7-5-11-24-16-20(23-21(17)24)22(26)25(15-19-10-6-13-27-19)12-14-28-18-8-3-2-4-9-18/h2-5,7-9,11,16,19H,6,10,12-15H2,1H3/t19-/m0/s1. The number of carbonyl (C=O) groups is 1. The lowest BCUT2D eigenvalue weighted by Crippen LogP contribution is -2.40. The van der Waals surface area contributed by atoms with Crippen molar-refractivity contribution in [2.45, 2.75) is 25.9 Å². The third kappa shape index (κ3) is 4.17. The van der Waals surface area contributed by atoms with Crippen LogP contribution in [0.5, 0.6) is 5.75 Å². The number of pyridine rings is 1. The summed E-state index contributed by atoms with van der Waals surface area (Å²) in [5, 5.41) is 0. The smallest absolute Gasteiger partial charge is 0.274 e. The van der Waals surface area contributed by atoms with Crippen LogP contribution in [0.15, 0.2) is 54.9 Å². The first-order chi connectivity index (χ1) is 13.7. The van der Waals surface area contributed by atoms with Crippen LogP contribution in [-0.4, -0.2) is 52.6 Å². The van der Waals surface area contributed by atoms with Gasteiger partial charge < -0.3 is 18.8 Å². The predicted octanol–water partition coefficient (Wildman–Crippen LogP) is 3.34. The van der Waals surface area contributed by atoms with Crippen LogP contribution >= 0.6 is 0 Å². The van der Waals surface area contributed by atoms with Gasteiger partial charge >= 0.3 is 0 Å². The van der Waals surface area contributed by atoms with Gasteiger partial charge in [-0.05, 0) is 43.5 Å². The van der Waals surface area contributed by atoms with Crippen molar-refractivity contribution in [3.63, 3.8) is 0 Å². The molecule has 0 aliphatic carbocycles. The number of nitrogens with zero attached hydrogens (tertiary/aromatic N) is 3. The summed E-state index contributed by atoms with van der Waals surface area (Å²) in [5.41, 5.74) is 2.30. The number of benzene rings is 1. The minimum Gasteiger partial charge on any atom is -0.492 e. The number of aryl methyl sites for hydroxylation is 1. The van der Waals surface area contributed by atoms with Crippen molar-refractivity contribution in [3.8, 4) is 5.75 Å². The van der Waals surface area contributed by atoms with E-state index in [4.69, 9.17) is 9.47 Å². The zero-order chi connectivity index (χ0) is 19.3. The highest BCUT2D eigenvalue weighted by atomic mass is 16.5. The van der Waals surface area contributed by atoms with E-state index in [0.717, 1.165) is 36.4 Å². The lowest BCUT2D eigenvalue weighted by Gasteiger charge is -2.24. The molecule has 2 aromatic heterocycles. The van der Waals surface area contributed by atoms with Crippen molar-refractivity contribution in [2.75, 3.05) is 26.3 Å². The highest BCUT2D eigenvalue weighted by molar-refractivity contribution is 5.93. The summed E-state index contributed by atoms with van der Waals surface area (Å²) in [7, 11) is 0. The maximum Gasteiger partial charge on any atom is 0.274 e. The predicted molar refractivity (Wildman–Crippen MR) is 107 cm³/mol. The lowest BCUT2D eigenvalue weighted by molar-refractivity contribution is 0.0490. The fourth-order valence-electron chi connectivity index (χ4n) is 3.52. The van der Waals surface area contributed by atoms with Crippen LogP contribution in [0.3, 0.4) is 0 Å². The maximum absolute atomic E-state index is 13.2. The first-order valence-electron chi connectivity index (χ1n) is 9.74. The molecule has 1 aromatic carbocycles. The maximum atomic E-state index is 13.2. The summed E-state index contributed by atoms with van der Waals surface area (Å²) >= 11 is 0. The highest BCUT2D eigenvalue weighted by Gasteiger charge is 2.25. The van der Waals surface area contributed by atoms with Crippen LogP contribution in [-0.2, 0) is 4.74 Å². The number of rotatable bonds is 7. The molecule has 146 valence electrons. The Bertz CT molecular complexity index is 933. The van der Waals surface area contributed by atoms with Gasteiger partial charge in [0, 0.05) is 25.5 Å². The van der Waals surface area contributed by atoms with Gasteiger partial charge in [-0.25, -0.2) is 4.98 Å². The molecular formula is C22H25N3O3. The van der Waals surface area contributed by atoms with E-state index in [0.29, 0.717) is 25.4 Å². The molecule has 28 heavy (non-hydrogen) atoms. The SMILES string of the molecule is Cc1cccn2cc(C(=O)N(CCOc3ccccc3)C[C@@H]3CCCO3)nc12. The van der Waals surface area contributed by atoms with Crippen molar-refractivity contribution >= 4 is 11.6 Å². The molecule has 3 aromatic rings. The van der Waals surface area contributed by atoms with Crippen molar-refractivity contribution < 1.29 is 14.3 Å². The topological polar surface area (TPSA) is 56.1 Å². The van der Waals surface area contributed by atoms with Gasteiger partial charge in [-0.3, -0.25) is 4.79 Å². The number of ether oxygens (including phenoxy) is 2. The zero-order valence-corrected chi connectivity index (χ0v) is 16.1. The summed E-state index contributed by atoms with van der Waals surface area (Å²) in [4.78, 5) is 19.6. The molecule has 6 nitrogen and oxygen atoms in total. The molecule has 0 N–H and O–H groups in total. The average Bonchev–Trinajstić information content (AvgIpc) is 3.38. The van der Waals surface area contributed by atoms with E-state index < -0.39 is 0 Å².